The molecule has 3 rings (SSSR count). The molecule has 2 aliphatic heterocycles. The summed E-state index contributed by atoms with van der Waals surface area (Å²) < 4.78 is 0. The SMILES string of the molecule is CN1CCN(C2=NC(CC(=O)Nc3cccc(Cl)c3)C(=O)N2)CC1. The van der Waals surface area contributed by atoms with Crippen LogP contribution in [0, 0.1) is 0 Å². The smallest absolute Gasteiger partial charge is 0.252 e. The molecule has 128 valence electrons. The minimum absolute atomic E-state index is 0.00951. The van der Waals surface area contributed by atoms with Gasteiger partial charge in [-0.25, -0.2) is 4.99 Å². The van der Waals surface area contributed by atoms with Gasteiger partial charge in [0.15, 0.2) is 0 Å². The number of nitrogens with one attached hydrogen (secondary N) is 2. The van der Waals surface area contributed by atoms with Gasteiger partial charge in [-0.15, -0.1) is 0 Å². The Kier molecular flexibility index (Phi) is 5.01. The number of nitrogens with zero attached hydrogens (tertiary/aromatic N) is 3. The molecule has 0 saturated carbocycles. The molecule has 2 aliphatic rings. The Bertz CT molecular complexity index is 670. The number of hydrogen-bond donors (Lipinski definition) is 2. The first kappa shape index (κ1) is 16.7. The molecule has 24 heavy (non-hydrogen) atoms. The molecule has 1 atom stereocenters. The van der Waals surface area contributed by atoms with E-state index in [0.29, 0.717) is 16.7 Å². The maximum absolute atomic E-state index is 12.1. The lowest BCUT2D eigenvalue weighted by Crippen LogP contribution is -2.50. The van der Waals surface area contributed by atoms with Crippen molar-refractivity contribution in [3.63, 3.8) is 0 Å². The third-order valence-corrected chi connectivity index (χ3v) is 4.34. The molecular weight excluding hydrogens is 330 g/mol. The van der Waals surface area contributed by atoms with Gasteiger partial charge in [0, 0.05) is 36.9 Å². The number of amides is 2. The highest BCUT2D eigenvalue weighted by atomic mass is 35.5. The van der Waals surface area contributed by atoms with Gasteiger partial charge in [0.1, 0.15) is 6.04 Å². The van der Waals surface area contributed by atoms with Crippen molar-refractivity contribution in [1.29, 1.82) is 0 Å². The molecule has 0 radical (unpaired) electrons. The Balaban J connectivity index is 1.58. The van der Waals surface area contributed by atoms with Gasteiger partial charge >= 0.3 is 0 Å². The van der Waals surface area contributed by atoms with Crippen LogP contribution in [0.3, 0.4) is 0 Å². The normalized spacial score (nSPS) is 21.4. The second-order valence-corrected chi connectivity index (χ2v) is 6.45. The van der Waals surface area contributed by atoms with Crippen molar-refractivity contribution < 1.29 is 9.59 Å². The number of guanidine groups is 1. The molecule has 8 heteroatoms. The number of benzene rings is 1. The zero-order valence-electron chi connectivity index (χ0n) is 13.5. The molecule has 0 aromatic heterocycles. The van der Waals surface area contributed by atoms with Crippen LogP contribution in [0.4, 0.5) is 5.69 Å². The maximum atomic E-state index is 12.1. The van der Waals surface area contributed by atoms with Crippen LogP contribution < -0.4 is 10.6 Å². The summed E-state index contributed by atoms with van der Waals surface area (Å²) in [5, 5.41) is 6.06. The fraction of sp³-hybridized carbons (Fsp3) is 0.438. The highest BCUT2D eigenvalue weighted by molar-refractivity contribution is 6.30. The largest absolute Gasteiger partial charge is 0.340 e. The molecule has 0 spiro atoms. The molecular formula is C16H20ClN5O2. The summed E-state index contributed by atoms with van der Waals surface area (Å²) in [5.41, 5.74) is 0.606. The first-order chi connectivity index (χ1) is 11.5. The molecule has 7 nitrogen and oxygen atoms in total. The van der Waals surface area contributed by atoms with E-state index in [4.69, 9.17) is 11.6 Å². The quantitative estimate of drug-likeness (QED) is 0.845. The van der Waals surface area contributed by atoms with E-state index in [1.807, 2.05) is 4.90 Å². The van der Waals surface area contributed by atoms with Crippen molar-refractivity contribution in [2.45, 2.75) is 12.5 Å². The minimum atomic E-state index is -0.682. The second kappa shape index (κ2) is 7.19. The van der Waals surface area contributed by atoms with Crippen molar-refractivity contribution in [3.05, 3.63) is 29.3 Å². The minimum Gasteiger partial charge on any atom is -0.340 e. The van der Waals surface area contributed by atoms with Crippen LogP contribution >= 0.6 is 11.6 Å². The second-order valence-electron chi connectivity index (χ2n) is 6.01. The fourth-order valence-corrected chi connectivity index (χ4v) is 2.89. The van der Waals surface area contributed by atoms with E-state index in [9.17, 15) is 9.59 Å². The van der Waals surface area contributed by atoms with Crippen molar-refractivity contribution in [1.82, 2.24) is 15.1 Å². The summed E-state index contributed by atoms with van der Waals surface area (Å²) in [6.07, 6.45) is 0.00951. The molecule has 0 bridgehead atoms. The highest BCUT2D eigenvalue weighted by Gasteiger charge is 2.31. The lowest BCUT2D eigenvalue weighted by atomic mass is 10.2. The lowest BCUT2D eigenvalue weighted by Gasteiger charge is -2.33. The van der Waals surface area contributed by atoms with E-state index in [1.54, 1.807) is 24.3 Å². The van der Waals surface area contributed by atoms with E-state index in [-0.39, 0.29) is 18.2 Å². The summed E-state index contributed by atoms with van der Waals surface area (Å²) in [7, 11) is 2.06. The van der Waals surface area contributed by atoms with E-state index in [2.05, 4.69) is 27.6 Å². The van der Waals surface area contributed by atoms with E-state index in [1.165, 1.54) is 0 Å². The van der Waals surface area contributed by atoms with Crippen molar-refractivity contribution in [2.24, 2.45) is 4.99 Å². The number of hydrogen-bond acceptors (Lipinski definition) is 5. The van der Waals surface area contributed by atoms with Crippen LogP contribution in [0.15, 0.2) is 29.3 Å². The van der Waals surface area contributed by atoms with Crippen molar-refractivity contribution in [3.8, 4) is 0 Å². The molecule has 2 N–H and O–H groups in total. The Morgan fingerprint density at radius 3 is 2.83 bits per heavy atom. The number of rotatable bonds is 3. The predicted octanol–water partition coefficient (Wildman–Crippen LogP) is 0.770. The Labute approximate surface area is 145 Å². The molecule has 2 amide bonds. The Hall–Kier alpha value is -2.12. The van der Waals surface area contributed by atoms with Crippen molar-refractivity contribution in [2.75, 3.05) is 38.5 Å². The molecule has 0 aliphatic carbocycles. The van der Waals surface area contributed by atoms with Crippen LogP contribution in [-0.2, 0) is 9.59 Å². The fourth-order valence-electron chi connectivity index (χ4n) is 2.70. The standard InChI is InChI=1S/C16H20ClN5O2/c1-21-5-7-22(8-6-21)16-19-13(15(24)20-16)10-14(23)18-12-4-2-3-11(17)9-12/h2-4,9,13H,5-8,10H2,1H3,(H,18,23)(H,19,20,24). The topological polar surface area (TPSA) is 77.0 Å². The number of carbonyl (C=O) groups excluding carboxylic acids is 2. The number of carbonyl (C=O) groups is 2. The van der Waals surface area contributed by atoms with Crippen LogP contribution in [0.25, 0.3) is 0 Å². The first-order valence-corrected chi connectivity index (χ1v) is 8.26. The van der Waals surface area contributed by atoms with E-state index < -0.39 is 6.04 Å². The van der Waals surface area contributed by atoms with Crippen LogP contribution in [-0.4, -0.2) is 66.8 Å². The van der Waals surface area contributed by atoms with Crippen LogP contribution in [0.2, 0.25) is 5.02 Å². The first-order valence-electron chi connectivity index (χ1n) is 7.89. The van der Waals surface area contributed by atoms with E-state index in [0.717, 1.165) is 26.2 Å². The highest BCUT2D eigenvalue weighted by Crippen LogP contribution is 2.16. The molecule has 2 heterocycles. The molecule has 1 unspecified atom stereocenters. The zero-order chi connectivity index (χ0) is 17.1. The summed E-state index contributed by atoms with van der Waals surface area (Å²) in [4.78, 5) is 32.9. The van der Waals surface area contributed by atoms with Crippen LogP contribution in [0.1, 0.15) is 6.42 Å². The van der Waals surface area contributed by atoms with Gasteiger partial charge in [0.2, 0.25) is 11.9 Å². The van der Waals surface area contributed by atoms with Gasteiger partial charge in [-0.05, 0) is 25.2 Å². The number of anilines is 1. The molecule has 1 saturated heterocycles. The number of likely N-dealkylation sites (N-methyl/N-ethyl adjacent to an activating group) is 1. The zero-order valence-corrected chi connectivity index (χ0v) is 14.2. The average Bonchev–Trinajstić information content (AvgIpc) is 2.89. The van der Waals surface area contributed by atoms with Gasteiger partial charge < -0.3 is 15.1 Å². The summed E-state index contributed by atoms with van der Waals surface area (Å²) in [6.45, 7) is 3.48. The Morgan fingerprint density at radius 1 is 1.38 bits per heavy atom. The van der Waals surface area contributed by atoms with Gasteiger partial charge in [-0.2, -0.15) is 0 Å². The van der Waals surface area contributed by atoms with E-state index >= 15 is 0 Å². The summed E-state index contributed by atoms with van der Waals surface area (Å²) in [6, 6.07) is 6.21. The summed E-state index contributed by atoms with van der Waals surface area (Å²) in [5.74, 6) is 0.0830. The number of piperazine rings is 1. The van der Waals surface area contributed by atoms with Gasteiger partial charge in [0.25, 0.3) is 5.91 Å². The third-order valence-electron chi connectivity index (χ3n) is 4.11. The Morgan fingerprint density at radius 2 is 2.12 bits per heavy atom. The molecule has 1 aromatic carbocycles. The summed E-state index contributed by atoms with van der Waals surface area (Å²) >= 11 is 5.89. The number of halogens is 1. The average molecular weight is 350 g/mol. The predicted molar refractivity (Wildman–Crippen MR) is 93.1 cm³/mol. The molecule has 1 aromatic rings. The number of aliphatic imine (C=N–C) groups is 1. The third kappa shape index (κ3) is 4.04. The monoisotopic (exact) mass is 349 g/mol. The van der Waals surface area contributed by atoms with Crippen molar-refractivity contribution >= 4 is 35.1 Å². The lowest BCUT2D eigenvalue weighted by molar-refractivity contribution is -0.124. The van der Waals surface area contributed by atoms with Gasteiger partial charge in [-0.3, -0.25) is 14.9 Å². The van der Waals surface area contributed by atoms with Gasteiger partial charge in [0.05, 0.1) is 6.42 Å². The maximum Gasteiger partial charge on any atom is 0.252 e. The van der Waals surface area contributed by atoms with Gasteiger partial charge in [-0.1, -0.05) is 17.7 Å². The molecule has 1 fully saturated rings. The van der Waals surface area contributed by atoms with Crippen LogP contribution in [0.5, 0.6) is 0 Å².